The molecule has 0 amide bonds. The van der Waals surface area contributed by atoms with Crippen molar-refractivity contribution < 1.29 is 23.5 Å². The van der Waals surface area contributed by atoms with E-state index in [-0.39, 0.29) is 28.6 Å². The number of halogens is 1. The first-order valence-corrected chi connectivity index (χ1v) is 16.7. The highest BCUT2D eigenvalue weighted by Crippen LogP contribution is 2.53. The van der Waals surface area contributed by atoms with Gasteiger partial charge < -0.3 is 14.3 Å². The molecule has 4 nitrogen and oxygen atoms in total. The van der Waals surface area contributed by atoms with Crippen molar-refractivity contribution in [2.75, 3.05) is 13.7 Å². The van der Waals surface area contributed by atoms with E-state index in [0.717, 1.165) is 47.9 Å². The molecule has 2 aromatic carbocycles. The lowest BCUT2D eigenvalue weighted by atomic mass is 9.82. The number of carboxylic acid groups (broad SMARTS) is 1. The fraction of sp³-hybridized carbons (Fsp3) is 0.531. The Labute approximate surface area is 228 Å². The number of aliphatic carboxylic acids is 1. The number of rotatable bonds is 9. The highest BCUT2D eigenvalue weighted by Gasteiger charge is 2.44. The summed E-state index contributed by atoms with van der Waals surface area (Å²) in [6, 6.07) is 12.6. The van der Waals surface area contributed by atoms with Gasteiger partial charge in [-0.15, -0.1) is 0 Å². The summed E-state index contributed by atoms with van der Waals surface area (Å²) >= 11 is 0. The van der Waals surface area contributed by atoms with Gasteiger partial charge in [-0.2, -0.15) is 0 Å². The third-order valence-corrected chi connectivity index (χ3v) is 13.6. The number of aryl methyl sites for hydroxylation is 1. The first-order chi connectivity index (χ1) is 17.8. The molecule has 2 aromatic rings. The lowest BCUT2D eigenvalue weighted by Gasteiger charge is -2.37. The van der Waals surface area contributed by atoms with E-state index >= 15 is 0 Å². The zero-order chi connectivity index (χ0) is 27.8. The summed E-state index contributed by atoms with van der Waals surface area (Å²) in [6.07, 6.45) is 3.56. The molecule has 4 rings (SSSR count). The molecule has 2 aliphatic carbocycles. The number of carboxylic acids is 1. The highest BCUT2D eigenvalue weighted by atomic mass is 28.4. The molecule has 3 atom stereocenters. The van der Waals surface area contributed by atoms with Crippen molar-refractivity contribution in [2.45, 2.75) is 83.3 Å². The minimum absolute atomic E-state index is 0.0933. The molecule has 0 heterocycles. The van der Waals surface area contributed by atoms with E-state index in [9.17, 15) is 14.3 Å². The molecule has 2 aliphatic rings. The number of ether oxygens (including phenoxy) is 1. The Morgan fingerprint density at radius 2 is 1.84 bits per heavy atom. The van der Waals surface area contributed by atoms with Gasteiger partial charge in [0.05, 0.1) is 7.11 Å². The van der Waals surface area contributed by atoms with Gasteiger partial charge in [-0.05, 0) is 115 Å². The van der Waals surface area contributed by atoms with Gasteiger partial charge in [0.2, 0.25) is 0 Å². The van der Waals surface area contributed by atoms with Crippen LogP contribution in [0.5, 0.6) is 5.75 Å². The van der Waals surface area contributed by atoms with Gasteiger partial charge in [-0.1, -0.05) is 44.5 Å². The average Bonchev–Trinajstić information content (AvgIpc) is 3.59. The minimum atomic E-state index is -1.98. The molecule has 38 heavy (non-hydrogen) atoms. The smallest absolute Gasteiger partial charge is 0.315 e. The van der Waals surface area contributed by atoms with Crippen LogP contribution in [-0.4, -0.2) is 33.1 Å². The van der Waals surface area contributed by atoms with E-state index < -0.39 is 20.2 Å². The summed E-state index contributed by atoms with van der Waals surface area (Å²) in [5.74, 6) is -0.538. The van der Waals surface area contributed by atoms with E-state index in [1.54, 1.807) is 19.2 Å². The Morgan fingerprint density at radius 3 is 2.42 bits per heavy atom. The molecular formula is C32H43FO4Si. The van der Waals surface area contributed by atoms with Crippen molar-refractivity contribution in [1.29, 1.82) is 0 Å². The first-order valence-electron chi connectivity index (χ1n) is 13.8. The van der Waals surface area contributed by atoms with E-state index in [4.69, 9.17) is 9.16 Å². The highest BCUT2D eigenvalue weighted by molar-refractivity contribution is 6.74. The Balaban J connectivity index is 1.77. The molecule has 3 unspecified atom stereocenters. The van der Waals surface area contributed by atoms with Crippen LogP contribution in [-0.2, 0) is 9.22 Å². The van der Waals surface area contributed by atoms with Crippen molar-refractivity contribution in [3.8, 4) is 5.75 Å². The zero-order valence-electron chi connectivity index (χ0n) is 23.9. The maximum absolute atomic E-state index is 14.3. The summed E-state index contributed by atoms with van der Waals surface area (Å²) in [5, 5.41) is 10.7. The fourth-order valence-electron chi connectivity index (χ4n) is 5.66. The van der Waals surface area contributed by atoms with Crippen molar-refractivity contribution in [3.63, 3.8) is 0 Å². The normalized spacial score (nSPS) is 22.3. The molecule has 2 fully saturated rings. The van der Waals surface area contributed by atoms with Gasteiger partial charge in [0, 0.05) is 6.61 Å². The number of methoxy groups -OCH3 is 1. The van der Waals surface area contributed by atoms with Crippen LogP contribution in [0.2, 0.25) is 18.1 Å². The molecule has 0 aliphatic heterocycles. The second-order valence-corrected chi connectivity index (χ2v) is 17.5. The largest absolute Gasteiger partial charge is 0.497 e. The Kier molecular flexibility index (Phi) is 8.25. The predicted molar refractivity (Wildman–Crippen MR) is 153 cm³/mol. The topological polar surface area (TPSA) is 55.8 Å². The average molecular weight is 539 g/mol. The summed E-state index contributed by atoms with van der Waals surface area (Å²) < 4.78 is 26.5. The van der Waals surface area contributed by atoms with Crippen LogP contribution in [0.1, 0.15) is 75.0 Å². The lowest BCUT2D eigenvalue weighted by molar-refractivity contribution is -0.138. The van der Waals surface area contributed by atoms with E-state index in [1.807, 2.05) is 31.2 Å². The van der Waals surface area contributed by atoms with Crippen LogP contribution in [0.4, 0.5) is 4.39 Å². The SMILES string of the molecule is COc1ccc(C)c(C(C(=O)O)/C(=C2\CC(CO[Si](C)(C)C(C)(C)C)C(c3cccc(F)c3)C2)C2CC2)c1. The number of hydrogen-bond donors (Lipinski definition) is 1. The molecule has 0 spiro atoms. The number of carbonyl (C=O) groups is 1. The fourth-order valence-corrected chi connectivity index (χ4v) is 6.72. The summed E-state index contributed by atoms with van der Waals surface area (Å²) in [7, 11) is -0.372. The number of benzene rings is 2. The Bertz CT molecular complexity index is 1210. The summed E-state index contributed by atoms with van der Waals surface area (Å²) in [6.45, 7) is 13.8. The molecule has 6 heteroatoms. The lowest BCUT2D eigenvalue weighted by Crippen LogP contribution is -2.42. The first kappa shape index (κ1) is 28.6. The van der Waals surface area contributed by atoms with Crippen molar-refractivity contribution in [2.24, 2.45) is 11.8 Å². The van der Waals surface area contributed by atoms with Crippen molar-refractivity contribution in [3.05, 3.63) is 76.1 Å². The van der Waals surface area contributed by atoms with Crippen molar-refractivity contribution in [1.82, 2.24) is 0 Å². The predicted octanol–water partition coefficient (Wildman–Crippen LogP) is 8.23. The van der Waals surface area contributed by atoms with Crippen LogP contribution in [0.3, 0.4) is 0 Å². The van der Waals surface area contributed by atoms with Gasteiger partial charge in [0.15, 0.2) is 8.32 Å². The van der Waals surface area contributed by atoms with Crippen LogP contribution < -0.4 is 4.74 Å². The molecule has 0 bridgehead atoms. The monoisotopic (exact) mass is 538 g/mol. The van der Waals surface area contributed by atoms with Crippen LogP contribution in [0.15, 0.2) is 53.6 Å². The quantitative estimate of drug-likeness (QED) is 0.258. The molecular weight excluding hydrogens is 495 g/mol. The van der Waals surface area contributed by atoms with Gasteiger partial charge >= 0.3 is 5.97 Å². The third kappa shape index (κ3) is 6.07. The number of hydrogen-bond acceptors (Lipinski definition) is 3. The second kappa shape index (κ2) is 11.0. The maximum atomic E-state index is 14.3. The van der Waals surface area contributed by atoms with Gasteiger partial charge in [-0.25, -0.2) is 4.39 Å². The third-order valence-electron chi connectivity index (χ3n) is 9.07. The minimum Gasteiger partial charge on any atom is -0.497 e. The molecule has 2 saturated carbocycles. The second-order valence-electron chi connectivity index (χ2n) is 12.7. The molecule has 0 saturated heterocycles. The maximum Gasteiger partial charge on any atom is 0.315 e. The standard InChI is InChI=1S/C32H43FO4Si/c1-20-11-14-26(36-5)18-27(20)30(31(34)35)29(21-12-13-21)23-15-24(19-37-38(6,7)32(2,3)4)28(17-23)22-9-8-10-25(33)16-22/h8-11,14,16,18,21,24,28,30H,12-13,15,17,19H2,1-7H3,(H,34,35)/b29-23+. The summed E-state index contributed by atoms with van der Waals surface area (Å²) in [4.78, 5) is 12.9. The van der Waals surface area contributed by atoms with Crippen LogP contribution >= 0.6 is 0 Å². The van der Waals surface area contributed by atoms with E-state index in [0.29, 0.717) is 12.4 Å². The van der Waals surface area contributed by atoms with E-state index in [1.165, 1.54) is 11.6 Å². The number of allylic oxidation sites excluding steroid dienone is 1. The molecule has 1 N–H and O–H groups in total. The van der Waals surface area contributed by atoms with Gasteiger partial charge in [0.25, 0.3) is 0 Å². The molecule has 0 aromatic heterocycles. The summed E-state index contributed by atoms with van der Waals surface area (Å²) in [5.41, 5.74) is 5.01. The molecule has 206 valence electrons. The Morgan fingerprint density at radius 1 is 1.13 bits per heavy atom. The van der Waals surface area contributed by atoms with Crippen LogP contribution in [0, 0.1) is 24.6 Å². The zero-order valence-corrected chi connectivity index (χ0v) is 24.9. The Hall–Kier alpha value is -2.44. The van der Waals surface area contributed by atoms with Crippen molar-refractivity contribution >= 4 is 14.3 Å². The van der Waals surface area contributed by atoms with Crippen LogP contribution in [0.25, 0.3) is 0 Å². The van der Waals surface area contributed by atoms with Gasteiger partial charge in [0.1, 0.15) is 17.5 Å². The molecule has 0 radical (unpaired) electrons. The van der Waals surface area contributed by atoms with Gasteiger partial charge in [-0.3, -0.25) is 4.79 Å². The van der Waals surface area contributed by atoms with E-state index in [2.05, 4.69) is 33.9 Å².